The highest BCUT2D eigenvalue weighted by Crippen LogP contribution is 2.28. The molecule has 0 fully saturated rings. The first-order valence-electron chi connectivity index (χ1n) is 5.81. The Balaban J connectivity index is 2.94. The molecule has 0 spiro atoms. The van der Waals surface area contributed by atoms with Crippen molar-refractivity contribution in [3.05, 3.63) is 16.3 Å². The zero-order valence-corrected chi connectivity index (χ0v) is 10.8. The number of aliphatic carboxylic acids is 1. The van der Waals surface area contributed by atoms with E-state index in [-0.39, 0.29) is 6.42 Å². The van der Waals surface area contributed by atoms with Crippen molar-refractivity contribution in [1.82, 2.24) is 9.78 Å². The van der Waals surface area contributed by atoms with Crippen LogP contribution >= 0.6 is 0 Å². The third-order valence-corrected chi connectivity index (χ3v) is 2.49. The van der Waals surface area contributed by atoms with Gasteiger partial charge in [-0.1, -0.05) is 6.92 Å². The smallest absolute Gasteiger partial charge is 0.392 e. The molecule has 0 aliphatic heterocycles. The Hall–Kier alpha value is -2.33. The van der Waals surface area contributed by atoms with E-state index in [0.29, 0.717) is 0 Å². The molecule has 1 N–H and O–H groups in total. The summed E-state index contributed by atoms with van der Waals surface area (Å²) in [4.78, 5) is 20.8. The molecule has 0 amide bonds. The van der Waals surface area contributed by atoms with E-state index < -0.39 is 47.7 Å². The first-order valence-corrected chi connectivity index (χ1v) is 5.81. The second kappa shape index (κ2) is 6.41. The maximum absolute atomic E-state index is 12.0. The number of nitrogens with zero attached hydrogens (tertiary/aromatic N) is 3. The van der Waals surface area contributed by atoms with Gasteiger partial charge in [0.25, 0.3) is 0 Å². The molecule has 118 valence electrons. The molecule has 0 bridgehead atoms. The van der Waals surface area contributed by atoms with E-state index in [0.717, 1.165) is 10.9 Å². The lowest BCUT2D eigenvalue weighted by molar-refractivity contribution is -0.386. The van der Waals surface area contributed by atoms with Gasteiger partial charge in [0.1, 0.15) is 12.2 Å². The molecule has 0 saturated heterocycles. The van der Waals surface area contributed by atoms with E-state index >= 15 is 0 Å². The zero-order chi connectivity index (χ0) is 16.2. The van der Waals surface area contributed by atoms with Crippen LogP contribution in [-0.4, -0.2) is 38.6 Å². The first-order chi connectivity index (χ1) is 9.65. The highest BCUT2D eigenvalue weighted by Gasteiger charge is 2.30. The predicted octanol–water partition coefficient (Wildman–Crippen LogP) is 2.16. The molecule has 21 heavy (non-hydrogen) atoms. The molecule has 11 heteroatoms. The molecular formula is C10H12F3N3O5. The number of halogens is 3. The number of ether oxygens (including phenoxy) is 1. The van der Waals surface area contributed by atoms with E-state index in [1.54, 1.807) is 0 Å². The van der Waals surface area contributed by atoms with Gasteiger partial charge in [-0.25, -0.2) is 9.48 Å². The van der Waals surface area contributed by atoms with Gasteiger partial charge in [-0.3, -0.25) is 10.1 Å². The van der Waals surface area contributed by atoms with Gasteiger partial charge in [-0.2, -0.15) is 13.2 Å². The van der Waals surface area contributed by atoms with Gasteiger partial charge < -0.3 is 9.84 Å². The second-order valence-corrected chi connectivity index (χ2v) is 4.03. The molecule has 1 atom stereocenters. The predicted molar refractivity (Wildman–Crippen MR) is 62.0 cm³/mol. The lowest BCUT2D eigenvalue weighted by Crippen LogP contribution is -2.19. The number of hydrogen-bond donors (Lipinski definition) is 1. The Labute approximate surface area is 116 Å². The molecular weight excluding hydrogens is 299 g/mol. The fourth-order valence-electron chi connectivity index (χ4n) is 1.49. The van der Waals surface area contributed by atoms with Gasteiger partial charge in [0.05, 0.1) is 18.0 Å². The minimum Gasteiger partial charge on any atom is -0.480 e. The molecule has 0 aliphatic carbocycles. The summed E-state index contributed by atoms with van der Waals surface area (Å²) in [5.41, 5.74) is -0.683. The summed E-state index contributed by atoms with van der Waals surface area (Å²) < 4.78 is 41.4. The number of carboxylic acid groups (broad SMARTS) is 1. The van der Waals surface area contributed by atoms with Crippen LogP contribution in [0.25, 0.3) is 0 Å². The van der Waals surface area contributed by atoms with Crippen LogP contribution in [0.1, 0.15) is 25.8 Å². The standard InChI is InChI=1S/C10H12F3N3O5/c1-2-6(9(17)18)15-5-7(16(19)20)8(14-15)21-4-3-10(11,12)13/h5-6H,2-4H2,1H3,(H,17,18)/t6-/m0/s1. The Bertz CT molecular complexity index is 528. The first kappa shape index (κ1) is 16.7. The summed E-state index contributed by atoms with van der Waals surface area (Å²) in [6.07, 6.45) is -4.85. The number of nitro groups is 1. The average Bonchev–Trinajstić information content (AvgIpc) is 2.72. The quantitative estimate of drug-likeness (QED) is 0.610. The Morgan fingerprint density at radius 1 is 1.62 bits per heavy atom. The van der Waals surface area contributed by atoms with E-state index in [4.69, 9.17) is 5.11 Å². The second-order valence-electron chi connectivity index (χ2n) is 4.03. The van der Waals surface area contributed by atoms with Crippen LogP contribution in [-0.2, 0) is 4.79 Å². The molecule has 0 saturated carbocycles. The normalized spacial score (nSPS) is 13.0. The zero-order valence-electron chi connectivity index (χ0n) is 10.8. The Kier molecular flexibility index (Phi) is 5.11. The van der Waals surface area contributed by atoms with Gasteiger partial charge in [0.2, 0.25) is 0 Å². The van der Waals surface area contributed by atoms with Gasteiger partial charge in [0, 0.05) is 0 Å². The topological polar surface area (TPSA) is 107 Å². The van der Waals surface area contributed by atoms with E-state index in [2.05, 4.69) is 9.84 Å². The summed E-state index contributed by atoms with van der Waals surface area (Å²) in [6.45, 7) is 0.682. The number of alkyl halides is 3. The lowest BCUT2D eigenvalue weighted by Gasteiger charge is -2.09. The van der Waals surface area contributed by atoms with Crippen LogP contribution in [0.2, 0.25) is 0 Å². The number of hydrogen-bond acceptors (Lipinski definition) is 5. The number of carbonyl (C=O) groups is 1. The number of aromatic nitrogens is 2. The fourth-order valence-corrected chi connectivity index (χ4v) is 1.49. The van der Waals surface area contributed by atoms with Crippen molar-refractivity contribution in [2.24, 2.45) is 0 Å². The molecule has 0 radical (unpaired) electrons. The summed E-state index contributed by atoms with van der Waals surface area (Å²) >= 11 is 0. The molecule has 1 aromatic rings. The minimum atomic E-state index is -4.47. The molecule has 1 aromatic heterocycles. The van der Waals surface area contributed by atoms with Crippen LogP contribution in [0.5, 0.6) is 5.88 Å². The van der Waals surface area contributed by atoms with Gasteiger partial charge >= 0.3 is 23.7 Å². The van der Waals surface area contributed by atoms with Gasteiger partial charge in [-0.15, -0.1) is 5.10 Å². The van der Waals surface area contributed by atoms with Crippen molar-refractivity contribution in [2.75, 3.05) is 6.61 Å². The van der Waals surface area contributed by atoms with Crippen molar-refractivity contribution >= 4 is 11.7 Å². The highest BCUT2D eigenvalue weighted by atomic mass is 19.4. The molecule has 0 aromatic carbocycles. The van der Waals surface area contributed by atoms with Crippen LogP contribution in [0.4, 0.5) is 18.9 Å². The third kappa shape index (κ3) is 4.61. The number of rotatable bonds is 7. The van der Waals surface area contributed by atoms with Crippen molar-refractivity contribution < 1.29 is 32.7 Å². The summed E-state index contributed by atoms with van der Waals surface area (Å²) in [6, 6.07) is -1.16. The summed E-state index contributed by atoms with van der Waals surface area (Å²) in [7, 11) is 0. The third-order valence-electron chi connectivity index (χ3n) is 2.49. The van der Waals surface area contributed by atoms with Crippen LogP contribution in [0.3, 0.4) is 0 Å². The fraction of sp³-hybridized carbons (Fsp3) is 0.600. The monoisotopic (exact) mass is 311 g/mol. The van der Waals surface area contributed by atoms with Crippen molar-refractivity contribution in [3.8, 4) is 5.88 Å². The van der Waals surface area contributed by atoms with E-state index in [1.807, 2.05) is 0 Å². The van der Waals surface area contributed by atoms with Crippen molar-refractivity contribution in [2.45, 2.75) is 32.0 Å². The Morgan fingerprint density at radius 2 is 2.24 bits per heavy atom. The molecule has 0 unspecified atom stereocenters. The summed E-state index contributed by atoms with van der Waals surface area (Å²) in [5, 5.41) is 23.3. The largest absolute Gasteiger partial charge is 0.480 e. The SMILES string of the molecule is CC[C@@H](C(=O)O)n1cc([N+](=O)[O-])c(OCCC(F)(F)F)n1. The van der Waals surface area contributed by atoms with Crippen LogP contribution in [0, 0.1) is 10.1 Å². The molecule has 1 rings (SSSR count). The summed E-state index contributed by atoms with van der Waals surface area (Å²) in [5.74, 6) is -1.90. The van der Waals surface area contributed by atoms with Crippen LogP contribution in [0.15, 0.2) is 6.20 Å². The maximum Gasteiger partial charge on any atom is 0.392 e. The maximum atomic E-state index is 12.0. The lowest BCUT2D eigenvalue weighted by atomic mass is 10.2. The van der Waals surface area contributed by atoms with Gasteiger partial charge in [-0.05, 0) is 6.42 Å². The van der Waals surface area contributed by atoms with Gasteiger partial charge in [0.15, 0.2) is 0 Å². The molecule has 8 nitrogen and oxygen atoms in total. The average molecular weight is 311 g/mol. The van der Waals surface area contributed by atoms with Crippen molar-refractivity contribution in [1.29, 1.82) is 0 Å². The number of carboxylic acids is 1. The molecule has 1 heterocycles. The minimum absolute atomic E-state index is 0.0934. The van der Waals surface area contributed by atoms with Crippen molar-refractivity contribution in [3.63, 3.8) is 0 Å². The van der Waals surface area contributed by atoms with Crippen LogP contribution < -0.4 is 4.74 Å². The highest BCUT2D eigenvalue weighted by molar-refractivity contribution is 5.71. The van der Waals surface area contributed by atoms with E-state index in [1.165, 1.54) is 6.92 Å². The molecule has 0 aliphatic rings. The van der Waals surface area contributed by atoms with E-state index in [9.17, 15) is 28.1 Å². The Morgan fingerprint density at radius 3 is 2.67 bits per heavy atom.